The van der Waals surface area contributed by atoms with Gasteiger partial charge in [-0.2, -0.15) is 0 Å². The SMILES string of the molecule is O=C(CN1CCN(C(=O)c2sc3cc([N+](=O)[O-])ccc3c2Cl)CC1)Nc1cccc(Cl)c1Cl. The Morgan fingerprint density at radius 1 is 1.06 bits per heavy atom. The number of fused-ring (bicyclic) bond motifs is 1. The van der Waals surface area contributed by atoms with Crippen molar-refractivity contribution in [2.45, 2.75) is 0 Å². The number of amides is 2. The largest absolute Gasteiger partial charge is 0.335 e. The van der Waals surface area contributed by atoms with Crippen LogP contribution in [0.3, 0.4) is 0 Å². The fourth-order valence-corrected chi connectivity index (χ4v) is 5.41. The lowest BCUT2D eigenvalue weighted by Gasteiger charge is -2.34. The molecule has 12 heteroatoms. The number of rotatable bonds is 5. The molecule has 1 aliphatic rings. The third-order valence-corrected chi connectivity index (χ3v) is 7.73. The zero-order valence-electron chi connectivity index (χ0n) is 17.0. The van der Waals surface area contributed by atoms with Gasteiger partial charge in [-0.05, 0) is 18.2 Å². The van der Waals surface area contributed by atoms with E-state index < -0.39 is 4.92 Å². The molecule has 33 heavy (non-hydrogen) atoms. The van der Waals surface area contributed by atoms with Crippen LogP contribution in [0.2, 0.25) is 15.1 Å². The van der Waals surface area contributed by atoms with Crippen molar-refractivity contribution < 1.29 is 14.5 Å². The fourth-order valence-electron chi connectivity index (χ4n) is 3.55. The van der Waals surface area contributed by atoms with E-state index in [0.29, 0.717) is 56.9 Å². The summed E-state index contributed by atoms with van der Waals surface area (Å²) in [6.45, 7) is 2.02. The minimum atomic E-state index is -0.482. The number of anilines is 1. The molecule has 0 radical (unpaired) electrons. The van der Waals surface area contributed by atoms with Gasteiger partial charge in [0.1, 0.15) is 4.88 Å². The number of non-ortho nitro benzene ring substituents is 1. The summed E-state index contributed by atoms with van der Waals surface area (Å²) < 4.78 is 0.590. The monoisotopic (exact) mass is 526 g/mol. The maximum Gasteiger partial charge on any atom is 0.270 e. The third-order valence-electron chi connectivity index (χ3n) is 5.27. The van der Waals surface area contributed by atoms with Crippen LogP contribution in [0.5, 0.6) is 0 Å². The molecule has 1 aliphatic heterocycles. The van der Waals surface area contributed by atoms with Crippen LogP contribution in [-0.4, -0.2) is 59.3 Å². The average Bonchev–Trinajstić information content (AvgIpc) is 3.12. The van der Waals surface area contributed by atoms with Crippen molar-refractivity contribution in [2.75, 3.05) is 38.0 Å². The summed E-state index contributed by atoms with van der Waals surface area (Å²) in [5, 5.41) is 15.3. The first-order valence-electron chi connectivity index (χ1n) is 9.86. The van der Waals surface area contributed by atoms with Crippen LogP contribution >= 0.6 is 46.1 Å². The number of benzene rings is 2. The topological polar surface area (TPSA) is 95.8 Å². The van der Waals surface area contributed by atoms with Gasteiger partial charge in [0.2, 0.25) is 5.91 Å². The summed E-state index contributed by atoms with van der Waals surface area (Å²) in [5.41, 5.74) is 0.396. The van der Waals surface area contributed by atoms with Gasteiger partial charge in [-0.1, -0.05) is 40.9 Å². The molecule has 2 amide bonds. The predicted octanol–water partition coefficient (Wildman–Crippen LogP) is 5.17. The highest BCUT2D eigenvalue weighted by molar-refractivity contribution is 7.21. The molecular formula is C21H17Cl3N4O4S. The van der Waals surface area contributed by atoms with Crippen LogP contribution in [0.25, 0.3) is 10.1 Å². The van der Waals surface area contributed by atoms with E-state index in [9.17, 15) is 19.7 Å². The number of nitrogens with one attached hydrogen (secondary N) is 1. The summed E-state index contributed by atoms with van der Waals surface area (Å²) in [5.74, 6) is -0.452. The number of carbonyl (C=O) groups is 2. The molecule has 1 saturated heterocycles. The fraction of sp³-hybridized carbons (Fsp3) is 0.238. The number of hydrogen-bond acceptors (Lipinski definition) is 6. The second-order valence-corrected chi connectivity index (χ2v) is 9.62. The van der Waals surface area contributed by atoms with Crippen molar-refractivity contribution in [3.63, 3.8) is 0 Å². The quantitative estimate of drug-likeness (QED) is 0.365. The highest BCUT2D eigenvalue weighted by atomic mass is 35.5. The van der Waals surface area contributed by atoms with Gasteiger partial charge in [0.15, 0.2) is 0 Å². The molecule has 0 aliphatic carbocycles. The Morgan fingerprint density at radius 2 is 1.79 bits per heavy atom. The lowest BCUT2D eigenvalue weighted by molar-refractivity contribution is -0.384. The van der Waals surface area contributed by atoms with E-state index in [-0.39, 0.29) is 29.1 Å². The van der Waals surface area contributed by atoms with Crippen LogP contribution in [0.1, 0.15) is 9.67 Å². The van der Waals surface area contributed by atoms with Crippen molar-refractivity contribution in [1.82, 2.24) is 9.80 Å². The molecule has 1 fully saturated rings. The summed E-state index contributed by atoms with van der Waals surface area (Å²) in [6.07, 6.45) is 0. The smallest absolute Gasteiger partial charge is 0.270 e. The van der Waals surface area contributed by atoms with Gasteiger partial charge in [0, 0.05) is 48.4 Å². The molecule has 2 aromatic carbocycles. The molecule has 4 rings (SSSR count). The van der Waals surface area contributed by atoms with Gasteiger partial charge < -0.3 is 10.2 Å². The number of carbonyl (C=O) groups excluding carboxylic acids is 2. The third kappa shape index (κ3) is 5.07. The number of hydrogen-bond donors (Lipinski definition) is 1. The number of halogens is 3. The summed E-state index contributed by atoms with van der Waals surface area (Å²) in [6, 6.07) is 9.37. The molecule has 172 valence electrons. The number of nitro groups is 1. The number of thiophene rings is 1. The van der Waals surface area contributed by atoms with Crippen molar-refractivity contribution in [3.05, 3.63) is 66.5 Å². The highest BCUT2D eigenvalue weighted by Crippen LogP contribution is 2.38. The first-order valence-corrected chi connectivity index (χ1v) is 11.8. The van der Waals surface area contributed by atoms with Crippen molar-refractivity contribution in [1.29, 1.82) is 0 Å². The molecule has 0 unspecified atom stereocenters. The van der Waals surface area contributed by atoms with E-state index in [4.69, 9.17) is 34.8 Å². The van der Waals surface area contributed by atoms with Crippen molar-refractivity contribution in [2.24, 2.45) is 0 Å². The minimum absolute atomic E-state index is 0.0506. The van der Waals surface area contributed by atoms with E-state index in [1.165, 1.54) is 12.1 Å². The molecular weight excluding hydrogens is 511 g/mol. The maximum absolute atomic E-state index is 13.0. The normalized spacial score (nSPS) is 14.5. The Bertz CT molecular complexity index is 1260. The summed E-state index contributed by atoms with van der Waals surface area (Å²) >= 11 is 19.6. The highest BCUT2D eigenvalue weighted by Gasteiger charge is 2.27. The van der Waals surface area contributed by atoms with Crippen LogP contribution in [0.4, 0.5) is 11.4 Å². The molecule has 3 aromatic rings. The molecule has 0 bridgehead atoms. The van der Waals surface area contributed by atoms with Gasteiger partial charge in [-0.3, -0.25) is 24.6 Å². The lowest BCUT2D eigenvalue weighted by Crippen LogP contribution is -2.50. The zero-order valence-corrected chi connectivity index (χ0v) is 20.1. The number of nitro benzene ring substituents is 1. The van der Waals surface area contributed by atoms with Crippen LogP contribution in [0.15, 0.2) is 36.4 Å². The van der Waals surface area contributed by atoms with E-state index in [2.05, 4.69) is 5.32 Å². The van der Waals surface area contributed by atoms with E-state index in [1.54, 1.807) is 29.2 Å². The Morgan fingerprint density at radius 3 is 2.48 bits per heavy atom. The van der Waals surface area contributed by atoms with Gasteiger partial charge in [-0.25, -0.2) is 0 Å². The standard InChI is InChI=1S/C21H17Cl3N4O4S/c22-14-2-1-3-15(19(14)24)25-17(29)11-26-6-8-27(9-7-26)21(30)20-18(23)13-5-4-12(28(31)32)10-16(13)33-20/h1-5,10H,6-9,11H2,(H,25,29). The molecule has 0 atom stereocenters. The second kappa shape index (κ2) is 9.82. The van der Waals surface area contributed by atoms with Gasteiger partial charge >= 0.3 is 0 Å². The molecule has 0 saturated carbocycles. The molecule has 2 heterocycles. The Hall–Kier alpha value is -2.43. The summed E-state index contributed by atoms with van der Waals surface area (Å²) in [7, 11) is 0. The Kier molecular flexibility index (Phi) is 7.06. The maximum atomic E-state index is 13.0. The first-order chi connectivity index (χ1) is 15.7. The molecule has 1 N–H and O–H groups in total. The second-order valence-electron chi connectivity index (χ2n) is 7.40. The molecule has 1 aromatic heterocycles. The van der Waals surface area contributed by atoms with Crippen molar-refractivity contribution >= 4 is 79.4 Å². The van der Waals surface area contributed by atoms with E-state index in [0.717, 1.165) is 11.3 Å². The van der Waals surface area contributed by atoms with E-state index >= 15 is 0 Å². The number of nitrogens with zero attached hydrogens (tertiary/aromatic N) is 3. The van der Waals surface area contributed by atoms with Crippen LogP contribution in [0, 0.1) is 10.1 Å². The lowest BCUT2D eigenvalue weighted by atomic mass is 10.2. The molecule has 8 nitrogen and oxygen atoms in total. The first kappa shape index (κ1) is 23.7. The zero-order chi connectivity index (χ0) is 23.7. The van der Waals surface area contributed by atoms with Crippen LogP contribution in [-0.2, 0) is 4.79 Å². The van der Waals surface area contributed by atoms with E-state index in [1.807, 2.05) is 4.90 Å². The van der Waals surface area contributed by atoms with Gasteiger partial charge in [-0.15, -0.1) is 11.3 Å². The minimum Gasteiger partial charge on any atom is -0.335 e. The van der Waals surface area contributed by atoms with Gasteiger partial charge in [0.25, 0.3) is 11.6 Å². The Labute approximate surface area is 207 Å². The Balaban J connectivity index is 1.37. The van der Waals surface area contributed by atoms with Crippen LogP contribution < -0.4 is 5.32 Å². The predicted molar refractivity (Wildman–Crippen MR) is 131 cm³/mol. The van der Waals surface area contributed by atoms with Gasteiger partial charge in [0.05, 0.1) is 32.2 Å². The van der Waals surface area contributed by atoms with Crippen molar-refractivity contribution in [3.8, 4) is 0 Å². The summed E-state index contributed by atoms with van der Waals surface area (Å²) in [4.78, 5) is 39.9. The molecule has 0 spiro atoms. The number of piperazine rings is 1. The average molecular weight is 528 g/mol.